The van der Waals surface area contributed by atoms with E-state index in [0.29, 0.717) is 91.6 Å². The average Bonchev–Trinajstić information content (AvgIpc) is 1.71. The first-order valence-electron chi connectivity index (χ1n) is 38.9. The first kappa shape index (κ1) is 74.1. The molecule has 2 aromatic carbocycles. The summed E-state index contributed by atoms with van der Waals surface area (Å²) in [5.74, 6) is 13.9. The lowest BCUT2D eigenvalue weighted by Crippen LogP contribution is -2.58. The monoisotopic (exact) mass is 1510 g/mol. The molecule has 24 atom stereocenters. The van der Waals surface area contributed by atoms with Crippen LogP contribution in [0.25, 0.3) is 22.1 Å². The van der Waals surface area contributed by atoms with E-state index in [-0.39, 0.29) is 34.0 Å². The molecule has 2 heterocycles. The van der Waals surface area contributed by atoms with Crippen LogP contribution in [0.4, 0.5) is 0 Å². The Morgan fingerprint density at radius 1 is 0.444 bits per heavy atom. The van der Waals surface area contributed by atoms with E-state index in [1.165, 1.54) is 120 Å². The second-order valence-electron chi connectivity index (χ2n) is 36.9. The number of halogens is 3. The van der Waals surface area contributed by atoms with Crippen LogP contribution in [0.15, 0.2) is 36.4 Å². The molecule has 3 N–H and O–H groups in total. The van der Waals surface area contributed by atoms with E-state index in [0.717, 1.165) is 134 Å². The minimum absolute atomic E-state index is 0.0888. The Hall–Kier alpha value is -1.76. The predicted molar refractivity (Wildman–Crippen MR) is 410 cm³/mol. The molecule has 18 heteroatoms. The molecule has 12 aliphatic carbocycles. The molecule has 0 unspecified atom stereocenters. The maximum absolute atomic E-state index is 13.8. The highest BCUT2D eigenvalue weighted by atomic mass is 79.9. The van der Waals surface area contributed by atoms with Gasteiger partial charge >= 0.3 is 0 Å². The molecule has 0 radical (unpaired) electrons. The van der Waals surface area contributed by atoms with Crippen molar-refractivity contribution in [3.05, 3.63) is 46.4 Å². The molecule has 16 rings (SSSR count). The maximum atomic E-state index is 13.8. The summed E-state index contributed by atoms with van der Waals surface area (Å²) in [6, 6.07) is 11.1. The summed E-state index contributed by atoms with van der Waals surface area (Å²) >= 11 is 21.7. The number of fused-ring (bicyclic) bond motifs is 17. The largest absolute Gasteiger partial charge is 0.390 e. The standard InChI is InChI=1S/2C29H40ClN3O2S.C23H37BrO2S/c2*1-27(35)12-13-29(17-36-3)18(15-27)4-6-20-21-7-8-23(28(21,2)11-10-22(20)29)26(34)16-33-25-9-5-19(30)14-24(25)31-32-33;1-21(26)10-11-23(14-27-3)15(12-21)4-5-16-17-6-7-19(20(25)13-24)22(17,2)9-8-18(16)23/h2*5,9,14,18,20-23,35H,4,6-8,10-13,15-17H2,1-3H3;15-19,26H,4-14H2,1-3H3/t2*18-,20+,21+,22+,23-,27-,28+,29-;15-,16+,17+,18+,19-,21-,22+,23-/m111/s1. The third-order valence-corrected chi connectivity index (χ3v) is 35.6. The average molecular weight is 1520 g/mol. The van der Waals surface area contributed by atoms with Crippen molar-refractivity contribution in [1.82, 2.24) is 30.0 Å². The number of nitrogens with zero attached hydrogens (tertiary/aromatic N) is 6. The van der Waals surface area contributed by atoms with Crippen molar-refractivity contribution in [3.8, 4) is 0 Å². The lowest BCUT2D eigenvalue weighted by molar-refractivity contribution is -0.149. The number of hydrogen-bond acceptors (Lipinski definition) is 13. The number of Topliss-reactive ketones (excluding diaryl/α,β-unsaturated/α-hetero) is 3. The van der Waals surface area contributed by atoms with Gasteiger partial charge in [0.05, 0.1) is 33.2 Å². The van der Waals surface area contributed by atoms with Crippen molar-refractivity contribution in [3.63, 3.8) is 0 Å². The van der Waals surface area contributed by atoms with Crippen molar-refractivity contribution in [2.24, 2.45) is 121 Å². The molecular weight excluding hydrogens is 1400 g/mol. The van der Waals surface area contributed by atoms with E-state index in [1.54, 1.807) is 9.36 Å². The molecule has 12 aliphatic rings. The Morgan fingerprint density at radius 2 is 0.768 bits per heavy atom. The molecule has 12 saturated carbocycles. The molecule has 546 valence electrons. The van der Waals surface area contributed by atoms with Crippen LogP contribution in [0.1, 0.15) is 215 Å². The van der Waals surface area contributed by atoms with Crippen LogP contribution in [0, 0.1) is 121 Å². The summed E-state index contributed by atoms with van der Waals surface area (Å²) in [6.07, 6.45) is 37.9. The maximum Gasteiger partial charge on any atom is 0.157 e. The molecule has 0 aliphatic heterocycles. The Morgan fingerprint density at radius 3 is 1.08 bits per heavy atom. The zero-order chi connectivity index (χ0) is 70.0. The van der Waals surface area contributed by atoms with Crippen molar-refractivity contribution in [2.75, 3.05) is 41.4 Å². The zero-order valence-corrected chi connectivity index (χ0v) is 66.6. The van der Waals surface area contributed by atoms with Crippen LogP contribution in [-0.2, 0) is 27.5 Å². The van der Waals surface area contributed by atoms with Crippen molar-refractivity contribution in [2.45, 2.75) is 245 Å². The van der Waals surface area contributed by atoms with Crippen molar-refractivity contribution < 1.29 is 29.7 Å². The number of aliphatic hydroxyl groups is 3. The van der Waals surface area contributed by atoms with Gasteiger partial charge in [0.2, 0.25) is 0 Å². The summed E-state index contributed by atoms with van der Waals surface area (Å²) in [5, 5.41) is 51.4. The van der Waals surface area contributed by atoms with E-state index in [1.807, 2.05) is 71.7 Å². The van der Waals surface area contributed by atoms with Gasteiger partial charge in [-0.2, -0.15) is 35.3 Å². The fourth-order valence-electron chi connectivity index (χ4n) is 27.7. The van der Waals surface area contributed by atoms with Crippen LogP contribution >= 0.6 is 74.4 Å². The zero-order valence-electron chi connectivity index (χ0n) is 61.1. The summed E-state index contributed by atoms with van der Waals surface area (Å²) in [7, 11) is 0. The van der Waals surface area contributed by atoms with E-state index < -0.39 is 16.8 Å². The highest BCUT2D eigenvalue weighted by molar-refractivity contribution is 9.09. The molecule has 4 aromatic rings. The summed E-state index contributed by atoms with van der Waals surface area (Å²) < 4.78 is 3.53. The number of benzene rings is 2. The number of carbonyl (C=O) groups is 3. The van der Waals surface area contributed by atoms with Gasteiger partial charge in [-0.05, 0) is 370 Å². The molecule has 12 fully saturated rings. The number of carbonyl (C=O) groups excluding carboxylic acids is 3. The second-order valence-corrected chi connectivity index (χ2v) is 40.9. The fourth-order valence-corrected chi connectivity index (χ4v) is 31.8. The Balaban J connectivity index is 0.000000128. The number of aromatic nitrogens is 6. The number of thioether (sulfide) groups is 3. The van der Waals surface area contributed by atoms with Gasteiger partial charge in [0.15, 0.2) is 11.6 Å². The van der Waals surface area contributed by atoms with Crippen LogP contribution in [-0.4, -0.2) is 121 Å². The Labute approximate surface area is 622 Å². The quantitative estimate of drug-likeness (QED) is 0.102. The van der Waals surface area contributed by atoms with Crippen molar-refractivity contribution in [1.29, 1.82) is 0 Å². The van der Waals surface area contributed by atoms with E-state index in [4.69, 9.17) is 23.2 Å². The minimum Gasteiger partial charge on any atom is -0.390 e. The van der Waals surface area contributed by atoms with E-state index in [2.05, 4.69) is 96.9 Å². The Bertz CT molecular complexity index is 3460. The fraction of sp³-hybridized carbons (Fsp3) is 0.815. The van der Waals surface area contributed by atoms with Crippen LogP contribution in [0.2, 0.25) is 10.0 Å². The molecule has 99 heavy (non-hydrogen) atoms. The van der Waals surface area contributed by atoms with Gasteiger partial charge < -0.3 is 15.3 Å². The SMILES string of the molecule is CSC[C@]12CC[C@@](C)(O)C[C@H]1CC[C@H]1[C@@H]3CC[C@H](C(=O)CBr)[C@@]3(C)CC[C@@H]12.CSC[C@]12CC[C@@](C)(O)C[C@H]1CC[C@H]1[C@@H]3CC[C@H](C(=O)Cn4nnc5cc(Cl)ccc54)[C@@]3(C)CC[C@@H]12.CSC[C@]12CC[C@@](C)(O)C[C@H]1CC[C@H]1[C@@H]3CC[C@H](C(=O)Cn4nnc5cc(Cl)ccc54)[C@@]3(C)CC[C@@H]12. The first-order chi connectivity index (χ1) is 47.1. The molecule has 0 spiro atoms. The van der Waals surface area contributed by atoms with Crippen molar-refractivity contribution >= 4 is 114 Å². The third kappa shape index (κ3) is 13.0. The second kappa shape index (κ2) is 28.1. The number of alkyl halides is 1. The van der Waals surface area contributed by atoms with Gasteiger partial charge in [0.1, 0.15) is 29.9 Å². The topological polar surface area (TPSA) is 173 Å². The lowest BCUT2D eigenvalue weighted by Gasteiger charge is -2.62. The Kier molecular flexibility index (Phi) is 21.0. The highest BCUT2D eigenvalue weighted by Crippen LogP contribution is 2.73. The number of ketones is 3. The van der Waals surface area contributed by atoms with E-state index in [9.17, 15) is 29.7 Å². The molecule has 0 bridgehead atoms. The summed E-state index contributed by atoms with van der Waals surface area (Å²) in [6.45, 7) is 14.1. The third-order valence-electron chi connectivity index (χ3n) is 32.1. The normalized spacial score (nSPS) is 44.8. The molecule has 12 nitrogen and oxygen atoms in total. The van der Waals surface area contributed by atoms with Gasteiger partial charge in [0, 0.05) is 27.8 Å². The van der Waals surface area contributed by atoms with E-state index >= 15 is 0 Å². The van der Waals surface area contributed by atoms with Gasteiger partial charge in [0.25, 0.3) is 0 Å². The van der Waals surface area contributed by atoms with Gasteiger partial charge in [-0.25, -0.2) is 9.36 Å². The predicted octanol–water partition coefficient (Wildman–Crippen LogP) is 18.5. The van der Waals surface area contributed by atoms with Crippen LogP contribution < -0.4 is 0 Å². The number of rotatable bonds is 14. The molecular formula is C81H117BrCl2N6O6S3. The smallest absolute Gasteiger partial charge is 0.157 e. The highest BCUT2D eigenvalue weighted by Gasteiger charge is 2.67. The molecule has 0 amide bonds. The summed E-state index contributed by atoms with van der Waals surface area (Å²) in [5.41, 5.74) is 3.38. The molecule has 2 aromatic heterocycles. The van der Waals surface area contributed by atoms with Gasteiger partial charge in [-0.3, -0.25) is 14.4 Å². The van der Waals surface area contributed by atoms with Crippen LogP contribution in [0.3, 0.4) is 0 Å². The first-order valence-corrected chi connectivity index (χ1v) is 44.9. The van der Waals surface area contributed by atoms with Crippen LogP contribution in [0.5, 0.6) is 0 Å². The van der Waals surface area contributed by atoms with Gasteiger partial charge in [-0.1, -0.05) is 70.3 Å². The number of hydrogen-bond donors (Lipinski definition) is 3. The summed E-state index contributed by atoms with van der Waals surface area (Å²) in [4.78, 5) is 40.1. The lowest BCUT2D eigenvalue weighted by atomic mass is 9.44. The van der Waals surface area contributed by atoms with Gasteiger partial charge in [-0.15, -0.1) is 10.2 Å². The molecule has 0 saturated heterocycles. The minimum atomic E-state index is -0.496.